The fourth-order valence-electron chi connectivity index (χ4n) is 2.22. The lowest BCUT2D eigenvalue weighted by molar-refractivity contribution is 0.301. The van der Waals surface area contributed by atoms with E-state index < -0.39 is 0 Å². The third-order valence-corrected chi connectivity index (χ3v) is 3.44. The molecule has 1 aromatic carbocycles. The molecule has 1 N–H and O–H groups in total. The number of benzene rings is 1. The van der Waals surface area contributed by atoms with E-state index in [1.807, 2.05) is 26.0 Å². The van der Waals surface area contributed by atoms with E-state index in [4.69, 9.17) is 16.3 Å². The number of halogens is 1. The number of nitrogens with one attached hydrogen (secondary N) is 1. The summed E-state index contributed by atoms with van der Waals surface area (Å²) in [7, 11) is 0. The van der Waals surface area contributed by atoms with E-state index >= 15 is 0 Å². The van der Waals surface area contributed by atoms with Crippen LogP contribution in [0.3, 0.4) is 0 Å². The van der Waals surface area contributed by atoms with Crippen LogP contribution in [-0.2, 0) is 0 Å². The molecule has 1 rings (SSSR count). The molecule has 114 valence electrons. The van der Waals surface area contributed by atoms with Gasteiger partial charge in [-0.05, 0) is 75.4 Å². The highest BCUT2D eigenvalue weighted by molar-refractivity contribution is 6.30. The monoisotopic (exact) mass is 297 g/mol. The van der Waals surface area contributed by atoms with Crippen LogP contribution in [0.25, 0.3) is 0 Å². The quantitative estimate of drug-likeness (QED) is 0.664. The Morgan fingerprint density at radius 2 is 1.75 bits per heavy atom. The molecule has 20 heavy (non-hydrogen) atoms. The maximum atomic E-state index is 6.01. The fraction of sp³-hybridized carbons (Fsp3) is 0.647. The Balaban J connectivity index is 2.16. The molecule has 0 aromatic heterocycles. The zero-order chi connectivity index (χ0) is 15.0. The second-order valence-electron chi connectivity index (χ2n) is 5.88. The van der Waals surface area contributed by atoms with Crippen molar-refractivity contribution in [1.29, 1.82) is 0 Å². The number of rotatable bonds is 9. The molecule has 0 fully saturated rings. The lowest BCUT2D eigenvalue weighted by Crippen LogP contribution is -2.20. The minimum Gasteiger partial charge on any atom is -0.493 e. The van der Waals surface area contributed by atoms with Gasteiger partial charge in [-0.25, -0.2) is 0 Å². The van der Waals surface area contributed by atoms with E-state index in [1.54, 1.807) is 0 Å². The third kappa shape index (κ3) is 6.62. The topological polar surface area (TPSA) is 21.3 Å². The standard InChI is InChI=1S/C17H28ClNO/c1-13(2)12-19-8-6-5-7-9-20-17-14(3)10-16(18)11-15(17)4/h10-11,13,19H,5-9,12H2,1-4H3. The SMILES string of the molecule is Cc1cc(Cl)cc(C)c1OCCCCCNCC(C)C. The zero-order valence-electron chi connectivity index (χ0n) is 13.3. The summed E-state index contributed by atoms with van der Waals surface area (Å²) in [5.74, 6) is 1.72. The molecule has 0 radical (unpaired) electrons. The van der Waals surface area contributed by atoms with Gasteiger partial charge in [0.05, 0.1) is 6.61 Å². The summed E-state index contributed by atoms with van der Waals surface area (Å²) in [5, 5.41) is 4.24. The number of unbranched alkanes of at least 4 members (excludes halogenated alkanes) is 2. The van der Waals surface area contributed by atoms with Gasteiger partial charge >= 0.3 is 0 Å². The first-order valence-electron chi connectivity index (χ1n) is 7.61. The average Bonchev–Trinajstić information content (AvgIpc) is 2.34. The van der Waals surface area contributed by atoms with Gasteiger partial charge in [0.15, 0.2) is 0 Å². The van der Waals surface area contributed by atoms with E-state index in [0.29, 0.717) is 0 Å². The van der Waals surface area contributed by atoms with Crippen LogP contribution in [0.2, 0.25) is 5.02 Å². The minimum absolute atomic E-state index is 0.731. The highest BCUT2D eigenvalue weighted by Crippen LogP contribution is 2.27. The van der Waals surface area contributed by atoms with E-state index in [-0.39, 0.29) is 0 Å². The number of aryl methyl sites for hydroxylation is 2. The van der Waals surface area contributed by atoms with Crippen molar-refractivity contribution in [3.63, 3.8) is 0 Å². The Morgan fingerprint density at radius 1 is 1.10 bits per heavy atom. The van der Waals surface area contributed by atoms with Crippen molar-refractivity contribution < 1.29 is 4.74 Å². The molecule has 0 heterocycles. The molecular weight excluding hydrogens is 270 g/mol. The van der Waals surface area contributed by atoms with E-state index in [9.17, 15) is 0 Å². The molecule has 3 heteroatoms. The van der Waals surface area contributed by atoms with Gasteiger partial charge in [0.1, 0.15) is 5.75 Å². The van der Waals surface area contributed by atoms with Gasteiger partial charge in [0.2, 0.25) is 0 Å². The van der Waals surface area contributed by atoms with Crippen molar-refractivity contribution >= 4 is 11.6 Å². The molecule has 0 unspecified atom stereocenters. The van der Waals surface area contributed by atoms with Crippen LogP contribution in [0.5, 0.6) is 5.75 Å². The second kappa shape index (κ2) is 9.25. The molecule has 0 atom stereocenters. The van der Waals surface area contributed by atoms with Gasteiger partial charge in [-0.15, -0.1) is 0 Å². The summed E-state index contributed by atoms with van der Waals surface area (Å²) in [6.07, 6.45) is 3.52. The molecule has 0 aliphatic heterocycles. The van der Waals surface area contributed by atoms with Crippen LogP contribution in [0.4, 0.5) is 0 Å². The van der Waals surface area contributed by atoms with Crippen LogP contribution in [0, 0.1) is 19.8 Å². The van der Waals surface area contributed by atoms with Gasteiger partial charge in [-0.1, -0.05) is 25.4 Å². The first-order valence-corrected chi connectivity index (χ1v) is 7.98. The fourth-order valence-corrected chi connectivity index (χ4v) is 2.55. The average molecular weight is 298 g/mol. The van der Waals surface area contributed by atoms with Gasteiger partial charge in [-0.3, -0.25) is 0 Å². The lowest BCUT2D eigenvalue weighted by atomic mass is 10.1. The van der Waals surface area contributed by atoms with Crippen LogP contribution < -0.4 is 10.1 Å². The van der Waals surface area contributed by atoms with Crippen LogP contribution in [-0.4, -0.2) is 19.7 Å². The first kappa shape index (κ1) is 17.3. The van der Waals surface area contributed by atoms with Gasteiger partial charge in [0, 0.05) is 5.02 Å². The molecule has 2 nitrogen and oxygen atoms in total. The van der Waals surface area contributed by atoms with Gasteiger partial charge in [0.25, 0.3) is 0 Å². The normalized spacial score (nSPS) is 11.1. The highest BCUT2D eigenvalue weighted by Gasteiger charge is 2.05. The van der Waals surface area contributed by atoms with Crippen molar-refractivity contribution in [2.24, 2.45) is 5.92 Å². The largest absolute Gasteiger partial charge is 0.493 e. The zero-order valence-corrected chi connectivity index (χ0v) is 14.0. The molecule has 0 saturated heterocycles. The van der Waals surface area contributed by atoms with E-state index in [2.05, 4.69) is 19.2 Å². The van der Waals surface area contributed by atoms with Crippen molar-refractivity contribution in [1.82, 2.24) is 5.32 Å². The maximum absolute atomic E-state index is 6.01. The molecule has 0 aliphatic rings. The summed E-state index contributed by atoms with van der Waals surface area (Å²) < 4.78 is 5.89. The van der Waals surface area contributed by atoms with Crippen LogP contribution in [0.1, 0.15) is 44.2 Å². The Labute approximate surface area is 128 Å². The van der Waals surface area contributed by atoms with Crippen molar-refractivity contribution in [3.05, 3.63) is 28.3 Å². The maximum Gasteiger partial charge on any atom is 0.125 e. The molecule has 0 aliphatic carbocycles. The van der Waals surface area contributed by atoms with Crippen LogP contribution >= 0.6 is 11.6 Å². The number of hydrogen-bond donors (Lipinski definition) is 1. The molecular formula is C17H28ClNO. The van der Waals surface area contributed by atoms with E-state index in [0.717, 1.165) is 53.9 Å². The van der Waals surface area contributed by atoms with Crippen molar-refractivity contribution in [2.75, 3.05) is 19.7 Å². The predicted molar refractivity (Wildman–Crippen MR) is 88.0 cm³/mol. The Morgan fingerprint density at radius 3 is 2.35 bits per heavy atom. The number of ether oxygens (including phenoxy) is 1. The van der Waals surface area contributed by atoms with E-state index in [1.165, 1.54) is 12.8 Å². The smallest absolute Gasteiger partial charge is 0.125 e. The summed E-state index contributed by atoms with van der Waals surface area (Å²) in [6, 6.07) is 3.92. The highest BCUT2D eigenvalue weighted by atomic mass is 35.5. The third-order valence-electron chi connectivity index (χ3n) is 3.22. The Hall–Kier alpha value is -0.730. The van der Waals surface area contributed by atoms with Gasteiger partial charge in [-0.2, -0.15) is 0 Å². The molecule has 0 amide bonds. The van der Waals surface area contributed by atoms with Crippen LogP contribution in [0.15, 0.2) is 12.1 Å². The predicted octanol–water partition coefficient (Wildman–Crippen LogP) is 4.75. The number of hydrogen-bond acceptors (Lipinski definition) is 2. The molecule has 1 aromatic rings. The van der Waals surface area contributed by atoms with Crippen molar-refractivity contribution in [2.45, 2.75) is 47.0 Å². The molecule has 0 saturated carbocycles. The minimum atomic E-state index is 0.731. The summed E-state index contributed by atoms with van der Waals surface area (Å²) in [5.41, 5.74) is 2.24. The molecule has 0 bridgehead atoms. The Kier molecular flexibility index (Phi) is 8.01. The van der Waals surface area contributed by atoms with Crippen molar-refractivity contribution in [3.8, 4) is 5.75 Å². The second-order valence-corrected chi connectivity index (χ2v) is 6.31. The summed E-state index contributed by atoms with van der Waals surface area (Å²) in [4.78, 5) is 0. The Bertz CT molecular complexity index is 381. The lowest BCUT2D eigenvalue weighted by Gasteiger charge is -2.12. The van der Waals surface area contributed by atoms with Gasteiger partial charge < -0.3 is 10.1 Å². The molecule has 0 spiro atoms. The summed E-state index contributed by atoms with van der Waals surface area (Å²) >= 11 is 6.01. The first-order chi connectivity index (χ1) is 9.50. The summed E-state index contributed by atoms with van der Waals surface area (Å²) in [6.45, 7) is 11.6.